The van der Waals surface area contributed by atoms with Crippen molar-refractivity contribution in [2.75, 3.05) is 0 Å². The first-order chi connectivity index (χ1) is 14.2. The van der Waals surface area contributed by atoms with Crippen molar-refractivity contribution < 1.29 is 9.31 Å². The van der Waals surface area contributed by atoms with E-state index in [2.05, 4.69) is 113 Å². The van der Waals surface area contributed by atoms with E-state index in [9.17, 15) is 0 Å². The molecule has 4 rings (SSSR count). The maximum atomic E-state index is 6.31. The number of fused-ring (bicyclic) bond motifs is 1. The van der Waals surface area contributed by atoms with E-state index in [1.807, 2.05) is 0 Å². The summed E-state index contributed by atoms with van der Waals surface area (Å²) in [4.78, 5) is 0. The highest BCUT2D eigenvalue weighted by Crippen LogP contribution is 2.40. The van der Waals surface area contributed by atoms with Crippen molar-refractivity contribution in [1.82, 2.24) is 4.57 Å². The van der Waals surface area contributed by atoms with E-state index in [0.29, 0.717) is 0 Å². The molecule has 0 saturated carbocycles. The summed E-state index contributed by atoms with van der Waals surface area (Å²) in [6.45, 7) is 10.6. The average Bonchev–Trinajstić information content (AvgIpc) is 3.16. The second-order valence-corrected chi connectivity index (χ2v) is 9.49. The summed E-state index contributed by atoms with van der Waals surface area (Å²) in [5, 5.41) is 1.27. The molecule has 1 fully saturated rings. The SMILES string of the molecule is C/C(=C\C(CB1OC(C)(C)C(C)(C)O1)c1ccccc1)c1ccc2c(ccn2C)c1. The minimum Gasteiger partial charge on any atom is -0.403 e. The number of aryl methyl sites for hydroxylation is 1. The fourth-order valence-corrected chi connectivity index (χ4v) is 4.19. The van der Waals surface area contributed by atoms with Gasteiger partial charge in [-0.15, -0.1) is 0 Å². The number of aromatic nitrogens is 1. The molecule has 0 bridgehead atoms. The molecule has 1 saturated heterocycles. The molecule has 2 aromatic carbocycles. The van der Waals surface area contributed by atoms with Crippen molar-refractivity contribution >= 4 is 23.6 Å². The minimum atomic E-state index is -0.310. The van der Waals surface area contributed by atoms with Gasteiger partial charge in [-0.05, 0) is 75.8 Å². The first-order valence-electron chi connectivity index (χ1n) is 10.8. The van der Waals surface area contributed by atoms with Gasteiger partial charge in [-0.3, -0.25) is 0 Å². The molecule has 156 valence electrons. The van der Waals surface area contributed by atoms with Crippen LogP contribution in [0.2, 0.25) is 6.32 Å². The van der Waals surface area contributed by atoms with E-state index in [0.717, 1.165) is 6.32 Å². The zero-order valence-corrected chi connectivity index (χ0v) is 19.0. The van der Waals surface area contributed by atoms with Crippen LogP contribution in [-0.2, 0) is 16.4 Å². The largest absolute Gasteiger partial charge is 0.458 e. The summed E-state index contributed by atoms with van der Waals surface area (Å²) in [6.07, 6.45) is 5.27. The summed E-state index contributed by atoms with van der Waals surface area (Å²) in [6, 6.07) is 19.5. The smallest absolute Gasteiger partial charge is 0.403 e. The molecule has 1 atom stereocenters. The molecular formula is C26H32BNO2. The Labute approximate surface area is 180 Å². The van der Waals surface area contributed by atoms with Crippen molar-refractivity contribution in [3.63, 3.8) is 0 Å². The van der Waals surface area contributed by atoms with Crippen molar-refractivity contribution in [2.24, 2.45) is 7.05 Å². The molecule has 1 aliphatic heterocycles. The molecule has 1 aromatic heterocycles. The molecular weight excluding hydrogens is 369 g/mol. The molecule has 4 heteroatoms. The van der Waals surface area contributed by atoms with E-state index in [-0.39, 0.29) is 24.2 Å². The second-order valence-electron chi connectivity index (χ2n) is 9.49. The summed E-state index contributed by atoms with van der Waals surface area (Å²) in [5.41, 5.74) is 4.44. The number of allylic oxidation sites excluding steroid dienone is 2. The number of rotatable bonds is 5. The highest BCUT2D eigenvalue weighted by Gasteiger charge is 2.51. The third-order valence-electron chi connectivity index (χ3n) is 6.77. The maximum absolute atomic E-state index is 6.31. The van der Waals surface area contributed by atoms with Crippen molar-refractivity contribution in [3.05, 3.63) is 78.0 Å². The molecule has 0 amide bonds. The Kier molecular flexibility index (Phi) is 5.42. The predicted octanol–water partition coefficient (Wildman–Crippen LogP) is 6.46. The van der Waals surface area contributed by atoms with Gasteiger partial charge < -0.3 is 13.9 Å². The summed E-state index contributed by atoms with van der Waals surface area (Å²) < 4.78 is 14.8. The Bertz CT molecular complexity index is 1050. The van der Waals surface area contributed by atoms with Crippen molar-refractivity contribution in [3.8, 4) is 0 Å². The lowest BCUT2D eigenvalue weighted by Crippen LogP contribution is -2.41. The van der Waals surface area contributed by atoms with Gasteiger partial charge in [-0.25, -0.2) is 0 Å². The Balaban J connectivity index is 1.64. The lowest BCUT2D eigenvalue weighted by atomic mass is 9.74. The van der Waals surface area contributed by atoms with Crippen molar-refractivity contribution in [2.45, 2.75) is 58.1 Å². The average molecular weight is 401 g/mol. The normalized spacial score (nSPS) is 19.4. The van der Waals surface area contributed by atoms with E-state index in [4.69, 9.17) is 9.31 Å². The van der Waals surface area contributed by atoms with Crippen LogP contribution in [0.5, 0.6) is 0 Å². The fraction of sp³-hybridized carbons (Fsp3) is 0.385. The maximum Gasteiger partial charge on any atom is 0.458 e. The highest BCUT2D eigenvalue weighted by molar-refractivity contribution is 6.45. The summed E-state index contributed by atoms with van der Waals surface area (Å²) in [7, 11) is 1.86. The van der Waals surface area contributed by atoms with Gasteiger partial charge in [0.2, 0.25) is 0 Å². The van der Waals surface area contributed by atoms with Crippen LogP contribution in [0.3, 0.4) is 0 Å². The van der Waals surface area contributed by atoms with Crippen LogP contribution in [0.1, 0.15) is 51.7 Å². The molecule has 0 spiro atoms. The van der Waals surface area contributed by atoms with Crippen LogP contribution in [0.25, 0.3) is 16.5 Å². The molecule has 1 unspecified atom stereocenters. The number of hydrogen-bond donors (Lipinski definition) is 0. The van der Waals surface area contributed by atoms with Gasteiger partial charge in [0.15, 0.2) is 0 Å². The van der Waals surface area contributed by atoms with Crippen LogP contribution >= 0.6 is 0 Å². The van der Waals surface area contributed by atoms with Gasteiger partial charge in [-0.2, -0.15) is 0 Å². The monoisotopic (exact) mass is 401 g/mol. The van der Waals surface area contributed by atoms with Gasteiger partial charge in [0.25, 0.3) is 0 Å². The Morgan fingerprint density at radius 2 is 1.67 bits per heavy atom. The van der Waals surface area contributed by atoms with E-state index in [1.54, 1.807) is 0 Å². The first-order valence-corrected chi connectivity index (χ1v) is 10.8. The fourth-order valence-electron chi connectivity index (χ4n) is 4.19. The van der Waals surface area contributed by atoms with Gasteiger partial charge in [0.05, 0.1) is 11.2 Å². The lowest BCUT2D eigenvalue weighted by Gasteiger charge is -2.32. The molecule has 0 radical (unpaired) electrons. The first kappa shape index (κ1) is 21.0. The van der Waals surface area contributed by atoms with E-state index < -0.39 is 0 Å². The standard InChI is InChI=1S/C26H32BNO2/c1-19(21-12-13-24-22(17-21)14-15-28(24)6)16-23(20-10-8-7-9-11-20)18-27-29-25(2,3)26(4,5)30-27/h7-17,23H,18H2,1-6H3/b19-16+. The molecule has 2 heterocycles. The third kappa shape index (κ3) is 3.99. The molecule has 30 heavy (non-hydrogen) atoms. The molecule has 0 N–H and O–H groups in total. The Morgan fingerprint density at radius 3 is 2.33 bits per heavy atom. The van der Waals surface area contributed by atoms with Gasteiger partial charge in [0.1, 0.15) is 0 Å². The summed E-state index contributed by atoms with van der Waals surface area (Å²) in [5.74, 6) is 0.215. The Morgan fingerprint density at radius 1 is 1.00 bits per heavy atom. The molecule has 3 nitrogen and oxygen atoms in total. The quantitative estimate of drug-likeness (QED) is 0.458. The third-order valence-corrected chi connectivity index (χ3v) is 6.77. The van der Waals surface area contributed by atoms with Gasteiger partial charge in [-0.1, -0.05) is 42.5 Å². The minimum absolute atomic E-state index is 0.215. The van der Waals surface area contributed by atoms with Crippen LogP contribution < -0.4 is 0 Å². The molecule has 1 aliphatic rings. The predicted molar refractivity (Wildman–Crippen MR) is 127 cm³/mol. The van der Waals surface area contributed by atoms with Crippen LogP contribution in [0, 0.1) is 0 Å². The topological polar surface area (TPSA) is 23.4 Å². The van der Waals surface area contributed by atoms with E-state index >= 15 is 0 Å². The Hall–Kier alpha value is -2.30. The van der Waals surface area contributed by atoms with Crippen LogP contribution in [-0.4, -0.2) is 22.9 Å². The molecule has 3 aromatic rings. The highest BCUT2D eigenvalue weighted by atomic mass is 16.7. The zero-order chi connectivity index (χ0) is 21.5. The number of nitrogens with zero attached hydrogens (tertiary/aromatic N) is 1. The van der Waals surface area contributed by atoms with Gasteiger partial charge in [0, 0.05) is 30.1 Å². The van der Waals surface area contributed by atoms with Crippen LogP contribution in [0.4, 0.5) is 0 Å². The van der Waals surface area contributed by atoms with Crippen LogP contribution in [0.15, 0.2) is 66.9 Å². The number of hydrogen-bond acceptors (Lipinski definition) is 2. The van der Waals surface area contributed by atoms with E-state index in [1.165, 1.54) is 27.6 Å². The summed E-state index contributed by atoms with van der Waals surface area (Å²) >= 11 is 0. The number of benzene rings is 2. The van der Waals surface area contributed by atoms with Gasteiger partial charge >= 0.3 is 7.12 Å². The molecule has 0 aliphatic carbocycles. The zero-order valence-electron chi connectivity index (χ0n) is 19.0. The second kappa shape index (κ2) is 7.75. The van der Waals surface area contributed by atoms with Crippen molar-refractivity contribution in [1.29, 1.82) is 0 Å². The lowest BCUT2D eigenvalue weighted by molar-refractivity contribution is 0.00578.